The summed E-state index contributed by atoms with van der Waals surface area (Å²) in [5, 5.41) is 13.5. The van der Waals surface area contributed by atoms with Gasteiger partial charge in [-0.2, -0.15) is 13.5 Å². The Balaban J connectivity index is 0.00000336. The molecule has 1 saturated carbocycles. The average Bonchev–Trinajstić information content (AvgIpc) is 3.29. The summed E-state index contributed by atoms with van der Waals surface area (Å²) in [6, 6.07) is 7.74. The van der Waals surface area contributed by atoms with Crippen LogP contribution in [0.4, 0.5) is 0 Å². The highest BCUT2D eigenvalue weighted by molar-refractivity contribution is 7.59. The number of β-amino-alcohol motifs (C(OH)–C–C–N with tert-alkyl or cyclic N) is 1. The quantitative estimate of drug-likeness (QED) is 0.404. The molecule has 1 aliphatic carbocycles. The van der Waals surface area contributed by atoms with Crippen LogP contribution in [0.15, 0.2) is 41.3 Å². The second-order valence-corrected chi connectivity index (χ2v) is 10.4. The first-order valence-corrected chi connectivity index (χ1v) is 13.2. The third-order valence-electron chi connectivity index (χ3n) is 7.69. The SMILES string of the molecule is Cc1ncoc1COc1ccc2c(c1C)CCN(C[C@@H](O)CNC(=O)c1ccnc(CC3CCC3)c1)C2.S. The largest absolute Gasteiger partial charge is 0.485 e. The number of aryl methyl sites for hydroxylation is 1. The van der Waals surface area contributed by atoms with Gasteiger partial charge in [0.15, 0.2) is 12.2 Å². The number of aliphatic hydroxyl groups excluding tert-OH is 1. The fraction of sp³-hybridized carbons (Fsp3) is 0.483. The van der Waals surface area contributed by atoms with Gasteiger partial charge in [0, 0.05) is 43.6 Å². The number of carbonyl (C=O) groups excluding carboxylic acids is 1. The molecule has 0 unspecified atom stereocenters. The van der Waals surface area contributed by atoms with Crippen LogP contribution < -0.4 is 10.1 Å². The van der Waals surface area contributed by atoms with E-state index >= 15 is 0 Å². The van der Waals surface area contributed by atoms with E-state index in [-0.39, 0.29) is 25.9 Å². The number of nitrogens with zero attached hydrogens (tertiary/aromatic N) is 3. The van der Waals surface area contributed by atoms with Crippen molar-refractivity contribution in [2.24, 2.45) is 5.92 Å². The van der Waals surface area contributed by atoms with Gasteiger partial charge in [-0.3, -0.25) is 14.7 Å². The standard InChI is InChI=1S/C29H36N4O4.H2S/c1-19-26-9-11-33(15-23(26)6-7-27(19)36-17-28-20(2)32-18-37-28)16-25(34)14-31-29(35)22-8-10-30-24(13-22)12-21-4-3-5-21;/h6-8,10,13,18,21,25,34H,3-5,9,11-12,14-17H2,1-2H3,(H,31,35);1H2/t25-;/m0./s1. The molecule has 0 saturated heterocycles. The minimum absolute atomic E-state index is 0. The molecule has 0 radical (unpaired) electrons. The summed E-state index contributed by atoms with van der Waals surface area (Å²) in [7, 11) is 0. The molecule has 0 bridgehead atoms. The van der Waals surface area contributed by atoms with Crippen LogP contribution in [-0.4, -0.2) is 51.6 Å². The van der Waals surface area contributed by atoms with Gasteiger partial charge in [-0.1, -0.05) is 25.3 Å². The van der Waals surface area contributed by atoms with E-state index in [0.29, 0.717) is 24.6 Å². The number of amides is 1. The van der Waals surface area contributed by atoms with Gasteiger partial charge in [-0.15, -0.1) is 0 Å². The van der Waals surface area contributed by atoms with Gasteiger partial charge in [0.1, 0.15) is 12.4 Å². The second-order valence-electron chi connectivity index (χ2n) is 10.4. The van der Waals surface area contributed by atoms with Crippen molar-refractivity contribution in [3.8, 4) is 5.75 Å². The zero-order valence-corrected chi connectivity index (χ0v) is 23.2. The summed E-state index contributed by atoms with van der Waals surface area (Å²) < 4.78 is 11.4. The number of hydrogen-bond donors (Lipinski definition) is 2. The molecule has 1 fully saturated rings. The van der Waals surface area contributed by atoms with Crippen LogP contribution in [0.5, 0.6) is 5.75 Å². The lowest BCUT2D eigenvalue weighted by molar-refractivity contribution is 0.0841. The van der Waals surface area contributed by atoms with Crippen LogP contribution in [0, 0.1) is 19.8 Å². The Bertz CT molecular complexity index is 1240. The Labute approximate surface area is 231 Å². The van der Waals surface area contributed by atoms with Crippen molar-refractivity contribution >= 4 is 19.4 Å². The highest BCUT2D eigenvalue weighted by Crippen LogP contribution is 2.30. The van der Waals surface area contributed by atoms with Gasteiger partial charge in [-0.05, 0) is 67.5 Å². The maximum absolute atomic E-state index is 12.7. The predicted molar refractivity (Wildman–Crippen MR) is 150 cm³/mol. The maximum atomic E-state index is 12.7. The normalized spacial score (nSPS) is 16.2. The third-order valence-corrected chi connectivity index (χ3v) is 7.69. The number of aromatic nitrogens is 2. The molecule has 1 atom stereocenters. The summed E-state index contributed by atoms with van der Waals surface area (Å²) in [5.74, 6) is 2.14. The maximum Gasteiger partial charge on any atom is 0.251 e. The number of oxazole rings is 1. The summed E-state index contributed by atoms with van der Waals surface area (Å²) >= 11 is 0. The van der Waals surface area contributed by atoms with Crippen molar-refractivity contribution in [2.45, 2.75) is 65.2 Å². The van der Waals surface area contributed by atoms with Gasteiger partial charge in [-0.25, -0.2) is 4.98 Å². The van der Waals surface area contributed by atoms with E-state index in [9.17, 15) is 9.90 Å². The Morgan fingerprint density at radius 2 is 2.11 bits per heavy atom. The molecule has 0 spiro atoms. The molecule has 5 rings (SSSR count). The average molecular weight is 539 g/mol. The highest BCUT2D eigenvalue weighted by Gasteiger charge is 2.23. The lowest BCUT2D eigenvalue weighted by atomic mass is 9.82. The fourth-order valence-electron chi connectivity index (χ4n) is 5.20. The minimum Gasteiger partial charge on any atom is -0.485 e. The zero-order valence-electron chi connectivity index (χ0n) is 22.2. The highest BCUT2D eigenvalue weighted by atomic mass is 32.1. The molecule has 3 heterocycles. The van der Waals surface area contributed by atoms with Gasteiger partial charge in [0.05, 0.1) is 11.8 Å². The first kappa shape index (κ1) is 28.1. The van der Waals surface area contributed by atoms with E-state index in [1.54, 1.807) is 12.3 Å². The van der Waals surface area contributed by atoms with E-state index in [2.05, 4.69) is 33.2 Å². The number of carbonyl (C=O) groups is 1. The third kappa shape index (κ3) is 6.76. The molecular formula is C29H38N4O4S. The molecular weight excluding hydrogens is 500 g/mol. The van der Waals surface area contributed by atoms with E-state index in [1.165, 1.54) is 36.8 Å². The molecule has 8 nitrogen and oxygen atoms in total. The fourth-order valence-corrected chi connectivity index (χ4v) is 5.20. The second kappa shape index (κ2) is 12.8. The number of nitrogens with one attached hydrogen (secondary N) is 1. The minimum atomic E-state index is -0.643. The molecule has 1 aliphatic heterocycles. The lowest BCUT2D eigenvalue weighted by Crippen LogP contribution is -2.42. The van der Waals surface area contributed by atoms with Crippen LogP contribution in [0.1, 0.15) is 63.5 Å². The summed E-state index contributed by atoms with van der Waals surface area (Å²) in [6.07, 6.45) is 8.13. The van der Waals surface area contributed by atoms with E-state index in [0.717, 1.165) is 54.4 Å². The molecule has 2 aliphatic rings. The number of ether oxygens (including phenoxy) is 1. The number of aliphatic hydroxyl groups is 1. The Kier molecular flexibility index (Phi) is 9.46. The first-order valence-electron chi connectivity index (χ1n) is 13.2. The molecule has 3 aromatic rings. The number of benzene rings is 1. The van der Waals surface area contributed by atoms with Crippen LogP contribution in [0.2, 0.25) is 0 Å². The van der Waals surface area contributed by atoms with Crippen LogP contribution >= 0.6 is 13.5 Å². The topological polar surface area (TPSA) is 101 Å². The van der Waals surface area contributed by atoms with Crippen molar-refractivity contribution in [2.75, 3.05) is 19.6 Å². The molecule has 2 N–H and O–H groups in total. The molecule has 9 heteroatoms. The van der Waals surface area contributed by atoms with Gasteiger partial charge < -0.3 is 19.6 Å². The molecule has 2 aromatic heterocycles. The van der Waals surface area contributed by atoms with E-state index < -0.39 is 6.10 Å². The Hall–Kier alpha value is -2.88. The van der Waals surface area contributed by atoms with E-state index in [4.69, 9.17) is 9.15 Å². The summed E-state index contributed by atoms with van der Waals surface area (Å²) in [6.45, 7) is 6.69. The molecule has 1 amide bonds. The molecule has 204 valence electrons. The monoisotopic (exact) mass is 538 g/mol. The Morgan fingerprint density at radius 1 is 1.26 bits per heavy atom. The number of pyridine rings is 1. The summed E-state index contributed by atoms with van der Waals surface area (Å²) in [5.41, 5.74) is 6.13. The zero-order chi connectivity index (χ0) is 25.8. The molecule has 1 aromatic carbocycles. The van der Waals surface area contributed by atoms with Crippen molar-refractivity contribution in [1.82, 2.24) is 20.2 Å². The predicted octanol–water partition coefficient (Wildman–Crippen LogP) is 3.87. The van der Waals surface area contributed by atoms with Crippen LogP contribution in [0.3, 0.4) is 0 Å². The van der Waals surface area contributed by atoms with Crippen molar-refractivity contribution in [3.63, 3.8) is 0 Å². The number of rotatable bonds is 10. The van der Waals surface area contributed by atoms with Crippen LogP contribution in [0.25, 0.3) is 0 Å². The number of fused-ring (bicyclic) bond motifs is 1. The number of hydrogen-bond acceptors (Lipinski definition) is 7. The lowest BCUT2D eigenvalue weighted by Gasteiger charge is -2.31. The van der Waals surface area contributed by atoms with E-state index in [1.807, 2.05) is 19.1 Å². The van der Waals surface area contributed by atoms with Crippen molar-refractivity contribution in [1.29, 1.82) is 0 Å². The van der Waals surface area contributed by atoms with Crippen molar-refractivity contribution in [3.05, 3.63) is 76.3 Å². The van der Waals surface area contributed by atoms with Gasteiger partial charge in [0.25, 0.3) is 5.91 Å². The Morgan fingerprint density at radius 3 is 2.84 bits per heavy atom. The summed E-state index contributed by atoms with van der Waals surface area (Å²) in [4.78, 5) is 23.4. The molecule has 38 heavy (non-hydrogen) atoms. The van der Waals surface area contributed by atoms with Crippen LogP contribution in [-0.2, 0) is 26.0 Å². The first-order chi connectivity index (χ1) is 18.0. The van der Waals surface area contributed by atoms with Gasteiger partial charge >= 0.3 is 0 Å². The van der Waals surface area contributed by atoms with Gasteiger partial charge in [0.2, 0.25) is 0 Å². The van der Waals surface area contributed by atoms with Crippen molar-refractivity contribution < 1.29 is 19.1 Å². The smallest absolute Gasteiger partial charge is 0.251 e.